The molecule has 0 aliphatic carbocycles. The minimum absolute atomic E-state index is 0.203. The van der Waals surface area contributed by atoms with Gasteiger partial charge in [0, 0.05) is 19.5 Å². The number of anilines is 1. The van der Waals surface area contributed by atoms with Crippen LogP contribution in [0.1, 0.15) is 17.8 Å². The predicted octanol–water partition coefficient (Wildman–Crippen LogP) is 2.69. The van der Waals surface area contributed by atoms with E-state index in [1.807, 2.05) is 30.3 Å². The summed E-state index contributed by atoms with van der Waals surface area (Å²) in [5.41, 5.74) is 1.93. The number of nitrogens with zero attached hydrogens (tertiary/aromatic N) is 4. The molecule has 0 fully saturated rings. The molecule has 0 spiro atoms. The van der Waals surface area contributed by atoms with Crippen LogP contribution in [0.2, 0.25) is 0 Å². The van der Waals surface area contributed by atoms with Crippen LogP contribution in [0.25, 0.3) is 5.65 Å². The lowest BCUT2D eigenvalue weighted by atomic mass is 10.1. The van der Waals surface area contributed by atoms with Crippen molar-refractivity contribution in [1.82, 2.24) is 24.5 Å². The lowest BCUT2D eigenvalue weighted by molar-refractivity contribution is 0.580. The van der Waals surface area contributed by atoms with Crippen molar-refractivity contribution in [1.29, 1.82) is 0 Å². The van der Waals surface area contributed by atoms with Gasteiger partial charge in [0.25, 0.3) is 0 Å². The molecule has 0 unspecified atom stereocenters. The molecular formula is C22H24N6O2S. The Labute approximate surface area is 181 Å². The topological polar surface area (TPSA) is 101 Å². The van der Waals surface area contributed by atoms with E-state index < -0.39 is 10.0 Å². The van der Waals surface area contributed by atoms with E-state index in [0.29, 0.717) is 17.9 Å². The van der Waals surface area contributed by atoms with Gasteiger partial charge in [0.1, 0.15) is 5.82 Å². The van der Waals surface area contributed by atoms with Crippen LogP contribution in [-0.4, -0.2) is 41.3 Å². The van der Waals surface area contributed by atoms with Crippen molar-refractivity contribution >= 4 is 21.5 Å². The SMILES string of the molecule is O=S(=O)(NCCc1nnc2ccc(NCCCc3ccccc3)nn12)c1ccccc1. The molecule has 0 aliphatic rings. The molecule has 2 N–H and O–H groups in total. The molecule has 8 nitrogen and oxygen atoms in total. The Morgan fingerprint density at radius 3 is 2.32 bits per heavy atom. The predicted molar refractivity (Wildman–Crippen MR) is 119 cm³/mol. The first-order valence-electron chi connectivity index (χ1n) is 10.2. The van der Waals surface area contributed by atoms with Gasteiger partial charge >= 0.3 is 0 Å². The quantitative estimate of drug-likeness (QED) is 0.371. The Bertz CT molecular complexity index is 1230. The summed E-state index contributed by atoms with van der Waals surface area (Å²) in [7, 11) is -3.55. The average molecular weight is 437 g/mol. The molecule has 4 rings (SSSR count). The highest BCUT2D eigenvalue weighted by Crippen LogP contribution is 2.10. The molecule has 0 aliphatic heterocycles. The van der Waals surface area contributed by atoms with E-state index in [-0.39, 0.29) is 11.4 Å². The van der Waals surface area contributed by atoms with E-state index in [4.69, 9.17) is 0 Å². The van der Waals surface area contributed by atoms with Crippen molar-refractivity contribution in [3.63, 3.8) is 0 Å². The molecule has 2 heterocycles. The van der Waals surface area contributed by atoms with Crippen LogP contribution in [0.3, 0.4) is 0 Å². The van der Waals surface area contributed by atoms with Gasteiger partial charge in [-0.3, -0.25) is 0 Å². The molecule has 4 aromatic rings. The summed E-state index contributed by atoms with van der Waals surface area (Å²) >= 11 is 0. The number of sulfonamides is 1. The van der Waals surface area contributed by atoms with Gasteiger partial charge in [-0.15, -0.1) is 15.3 Å². The smallest absolute Gasteiger partial charge is 0.240 e. The second-order valence-electron chi connectivity index (χ2n) is 7.08. The van der Waals surface area contributed by atoms with Crippen molar-refractivity contribution in [2.24, 2.45) is 0 Å². The molecule has 9 heteroatoms. The monoisotopic (exact) mass is 436 g/mol. The molecule has 0 saturated carbocycles. The molecule has 0 amide bonds. The average Bonchev–Trinajstić information content (AvgIpc) is 3.20. The number of nitrogens with one attached hydrogen (secondary N) is 2. The maximum absolute atomic E-state index is 12.3. The molecule has 0 saturated heterocycles. The second-order valence-corrected chi connectivity index (χ2v) is 8.85. The largest absolute Gasteiger partial charge is 0.369 e. The van der Waals surface area contributed by atoms with Crippen molar-refractivity contribution in [2.75, 3.05) is 18.4 Å². The highest BCUT2D eigenvalue weighted by molar-refractivity contribution is 7.89. The summed E-state index contributed by atoms with van der Waals surface area (Å²) in [5, 5.41) is 16.2. The third-order valence-corrected chi connectivity index (χ3v) is 6.29. The van der Waals surface area contributed by atoms with E-state index >= 15 is 0 Å². The summed E-state index contributed by atoms with van der Waals surface area (Å²) in [4.78, 5) is 0.237. The Kier molecular flexibility index (Phi) is 6.54. The Morgan fingerprint density at radius 1 is 0.806 bits per heavy atom. The zero-order valence-corrected chi connectivity index (χ0v) is 17.8. The van der Waals surface area contributed by atoms with Gasteiger partial charge in [0.05, 0.1) is 4.90 Å². The summed E-state index contributed by atoms with van der Waals surface area (Å²) in [6, 6.07) is 22.4. The van der Waals surface area contributed by atoms with E-state index in [9.17, 15) is 8.42 Å². The van der Waals surface area contributed by atoms with E-state index in [1.54, 1.807) is 34.8 Å². The third kappa shape index (κ3) is 5.44. The van der Waals surface area contributed by atoms with Gasteiger partial charge in [-0.1, -0.05) is 48.5 Å². The molecular weight excluding hydrogens is 412 g/mol. The number of fused-ring (bicyclic) bond motifs is 1. The molecule has 2 aromatic heterocycles. The number of rotatable bonds is 10. The van der Waals surface area contributed by atoms with Gasteiger partial charge in [-0.25, -0.2) is 13.1 Å². The van der Waals surface area contributed by atoms with Crippen molar-refractivity contribution in [2.45, 2.75) is 24.2 Å². The standard InChI is InChI=1S/C22H24N6O2S/c29-31(30,19-11-5-2-6-12-19)24-17-15-22-26-25-21-14-13-20(27-28(21)22)23-16-7-10-18-8-3-1-4-9-18/h1-6,8-9,11-14,24H,7,10,15-17H2,(H,23,27). The Hall–Kier alpha value is -3.30. The number of benzene rings is 2. The van der Waals surface area contributed by atoms with Gasteiger partial charge in [0.15, 0.2) is 11.5 Å². The summed E-state index contributed by atoms with van der Waals surface area (Å²) in [5.74, 6) is 1.32. The van der Waals surface area contributed by atoms with Gasteiger partial charge in [-0.05, 0) is 42.7 Å². The van der Waals surface area contributed by atoms with Crippen LogP contribution in [-0.2, 0) is 22.9 Å². The number of aromatic nitrogens is 4. The number of hydrogen-bond acceptors (Lipinski definition) is 6. The van der Waals surface area contributed by atoms with Gasteiger partial charge in [0.2, 0.25) is 10.0 Å². The first-order chi connectivity index (χ1) is 15.1. The maximum atomic E-state index is 12.3. The minimum atomic E-state index is -3.55. The van der Waals surface area contributed by atoms with Crippen LogP contribution >= 0.6 is 0 Å². The van der Waals surface area contributed by atoms with Crippen molar-refractivity contribution < 1.29 is 8.42 Å². The van der Waals surface area contributed by atoms with Crippen LogP contribution in [0.4, 0.5) is 5.82 Å². The fourth-order valence-electron chi connectivity index (χ4n) is 3.22. The Morgan fingerprint density at radius 2 is 1.55 bits per heavy atom. The first kappa shape index (κ1) is 21.0. The zero-order valence-electron chi connectivity index (χ0n) is 17.0. The van der Waals surface area contributed by atoms with E-state index in [0.717, 1.165) is 25.2 Å². The normalized spacial score (nSPS) is 11.6. The lowest BCUT2D eigenvalue weighted by Gasteiger charge is -2.07. The van der Waals surface area contributed by atoms with E-state index in [1.165, 1.54) is 5.56 Å². The van der Waals surface area contributed by atoms with Crippen molar-refractivity contribution in [3.05, 3.63) is 84.2 Å². The van der Waals surface area contributed by atoms with Crippen molar-refractivity contribution in [3.8, 4) is 0 Å². The first-order valence-corrected chi connectivity index (χ1v) is 11.6. The molecule has 0 atom stereocenters. The Balaban J connectivity index is 1.33. The summed E-state index contributed by atoms with van der Waals surface area (Å²) in [6.07, 6.45) is 2.35. The van der Waals surface area contributed by atoms with Crippen LogP contribution in [0.5, 0.6) is 0 Å². The van der Waals surface area contributed by atoms with Crippen LogP contribution < -0.4 is 10.0 Å². The molecule has 31 heavy (non-hydrogen) atoms. The van der Waals surface area contributed by atoms with Gasteiger partial charge in [-0.2, -0.15) is 4.52 Å². The third-order valence-electron chi connectivity index (χ3n) is 4.81. The number of aryl methyl sites for hydroxylation is 1. The highest BCUT2D eigenvalue weighted by atomic mass is 32.2. The summed E-state index contributed by atoms with van der Waals surface area (Å²) in [6.45, 7) is 0.996. The molecule has 2 aromatic carbocycles. The molecule has 160 valence electrons. The molecule has 0 radical (unpaired) electrons. The lowest BCUT2D eigenvalue weighted by Crippen LogP contribution is -2.26. The van der Waals surface area contributed by atoms with Gasteiger partial charge < -0.3 is 5.32 Å². The molecule has 0 bridgehead atoms. The number of hydrogen-bond donors (Lipinski definition) is 2. The van der Waals surface area contributed by atoms with E-state index in [2.05, 4.69) is 37.5 Å². The summed E-state index contributed by atoms with van der Waals surface area (Å²) < 4.78 is 28.9. The highest BCUT2D eigenvalue weighted by Gasteiger charge is 2.14. The van der Waals surface area contributed by atoms with Crippen LogP contribution in [0, 0.1) is 0 Å². The maximum Gasteiger partial charge on any atom is 0.240 e. The zero-order chi connectivity index (χ0) is 21.5. The fraction of sp³-hybridized carbons (Fsp3) is 0.227. The minimum Gasteiger partial charge on any atom is -0.369 e. The van der Waals surface area contributed by atoms with Crippen LogP contribution in [0.15, 0.2) is 77.7 Å². The fourth-order valence-corrected chi connectivity index (χ4v) is 4.27. The second kappa shape index (κ2) is 9.67.